The van der Waals surface area contributed by atoms with Crippen molar-refractivity contribution < 1.29 is 14.0 Å². The van der Waals surface area contributed by atoms with Crippen molar-refractivity contribution in [3.63, 3.8) is 0 Å². The van der Waals surface area contributed by atoms with Gasteiger partial charge in [0.25, 0.3) is 5.89 Å². The van der Waals surface area contributed by atoms with Crippen LogP contribution in [-0.2, 0) is 12.1 Å². The van der Waals surface area contributed by atoms with Crippen LogP contribution in [0.25, 0.3) is 0 Å². The fourth-order valence-corrected chi connectivity index (χ4v) is 2.33. The molecule has 21 heavy (non-hydrogen) atoms. The average Bonchev–Trinajstić information content (AvgIpc) is 2.92. The first kappa shape index (κ1) is 13.9. The molecule has 3 rings (SSSR count). The molecule has 1 aromatic heterocycles. The number of hydrogen-bond acceptors (Lipinski definition) is 6. The van der Waals surface area contributed by atoms with Crippen LogP contribution < -0.4 is 15.2 Å². The molecule has 2 N–H and O–H groups in total. The minimum Gasteiger partial charge on any atom is -0.493 e. The molecular weight excluding hydrogens is 270 g/mol. The zero-order valence-corrected chi connectivity index (χ0v) is 12.3. The van der Waals surface area contributed by atoms with Crippen molar-refractivity contribution in [2.75, 3.05) is 7.11 Å². The van der Waals surface area contributed by atoms with E-state index in [0.717, 1.165) is 24.8 Å². The SMILES string of the molecule is COc1cc(C)ccc1OCc1nc(C2(N)CCC2)no1. The van der Waals surface area contributed by atoms with Crippen LogP contribution in [0.5, 0.6) is 11.5 Å². The maximum Gasteiger partial charge on any atom is 0.264 e. The van der Waals surface area contributed by atoms with Crippen molar-refractivity contribution in [1.82, 2.24) is 10.1 Å². The quantitative estimate of drug-likeness (QED) is 0.909. The van der Waals surface area contributed by atoms with E-state index in [1.165, 1.54) is 0 Å². The molecule has 1 saturated carbocycles. The smallest absolute Gasteiger partial charge is 0.264 e. The Bertz CT molecular complexity index is 635. The third kappa shape index (κ3) is 2.71. The summed E-state index contributed by atoms with van der Waals surface area (Å²) in [6.07, 6.45) is 2.91. The maximum atomic E-state index is 6.16. The Morgan fingerprint density at radius 2 is 2.14 bits per heavy atom. The summed E-state index contributed by atoms with van der Waals surface area (Å²) in [6, 6.07) is 5.74. The highest BCUT2D eigenvalue weighted by molar-refractivity contribution is 5.42. The topological polar surface area (TPSA) is 83.4 Å². The molecule has 0 unspecified atom stereocenters. The normalized spacial score (nSPS) is 16.3. The van der Waals surface area contributed by atoms with Gasteiger partial charge in [-0.2, -0.15) is 4.98 Å². The zero-order valence-electron chi connectivity index (χ0n) is 12.3. The second kappa shape index (κ2) is 5.37. The van der Waals surface area contributed by atoms with Crippen molar-refractivity contribution in [1.29, 1.82) is 0 Å². The van der Waals surface area contributed by atoms with E-state index in [4.69, 9.17) is 19.7 Å². The van der Waals surface area contributed by atoms with Gasteiger partial charge in [0, 0.05) is 0 Å². The van der Waals surface area contributed by atoms with E-state index in [1.807, 2.05) is 25.1 Å². The Kier molecular flexibility index (Phi) is 3.55. The Morgan fingerprint density at radius 3 is 2.81 bits per heavy atom. The number of aryl methyl sites for hydroxylation is 1. The number of nitrogens with two attached hydrogens (primary N) is 1. The molecule has 0 spiro atoms. The Balaban J connectivity index is 1.68. The first-order chi connectivity index (χ1) is 10.1. The van der Waals surface area contributed by atoms with E-state index in [-0.39, 0.29) is 6.61 Å². The summed E-state index contributed by atoms with van der Waals surface area (Å²) in [6.45, 7) is 2.19. The van der Waals surface area contributed by atoms with Gasteiger partial charge in [-0.1, -0.05) is 11.2 Å². The number of rotatable bonds is 5. The molecule has 112 valence electrons. The highest BCUT2D eigenvalue weighted by atomic mass is 16.5. The third-order valence-electron chi connectivity index (χ3n) is 3.83. The second-order valence-electron chi connectivity index (χ2n) is 5.46. The summed E-state index contributed by atoms with van der Waals surface area (Å²) < 4.78 is 16.2. The van der Waals surface area contributed by atoms with Crippen molar-refractivity contribution in [2.24, 2.45) is 5.73 Å². The van der Waals surface area contributed by atoms with Crippen LogP contribution in [0, 0.1) is 6.92 Å². The number of hydrogen-bond donors (Lipinski definition) is 1. The molecule has 1 aliphatic rings. The van der Waals surface area contributed by atoms with Gasteiger partial charge in [-0.25, -0.2) is 0 Å². The van der Waals surface area contributed by atoms with Gasteiger partial charge in [-0.3, -0.25) is 0 Å². The molecule has 0 saturated heterocycles. The molecule has 1 aliphatic carbocycles. The molecule has 1 heterocycles. The van der Waals surface area contributed by atoms with Crippen molar-refractivity contribution in [2.45, 2.75) is 38.3 Å². The summed E-state index contributed by atoms with van der Waals surface area (Å²) in [5, 5.41) is 3.96. The fraction of sp³-hybridized carbons (Fsp3) is 0.467. The first-order valence-corrected chi connectivity index (χ1v) is 7.00. The lowest BCUT2D eigenvalue weighted by atomic mass is 9.77. The predicted molar refractivity (Wildman–Crippen MR) is 76.1 cm³/mol. The summed E-state index contributed by atoms with van der Waals surface area (Å²) in [7, 11) is 1.61. The van der Waals surface area contributed by atoms with Gasteiger partial charge in [-0.15, -0.1) is 0 Å². The monoisotopic (exact) mass is 289 g/mol. The maximum absolute atomic E-state index is 6.16. The van der Waals surface area contributed by atoms with Crippen LogP contribution in [0.2, 0.25) is 0 Å². The van der Waals surface area contributed by atoms with Crippen molar-refractivity contribution in [3.05, 3.63) is 35.5 Å². The van der Waals surface area contributed by atoms with Crippen LogP contribution in [0.15, 0.2) is 22.7 Å². The number of ether oxygens (including phenoxy) is 2. The van der Waals surface area contributed by atoms with Gasteiger partial charge in [-0.05, 0) is 43.9 Å². The van der Waals surface area contributed by atoms with E-state index in [1.54, 1.807) is 7.11 Å². The highest BCUT2D eigenvalue weighted by Crippen LogP contribution is 2.37. The molecule has 6 heteroatoms. The van der Waals surface area contributed by atoms with Gasteiger partial charge >= 0.3 is 0 Å². The van der Waals surface area contributed by atoms with Crippen LogP contribution in [0.1, 0.15) is 36.5 Å². The van der Waals surface area contributed by atoms with Crippen LogP contribution in [-0.4, -0.2) is 17.3 Å². The summed E-state index contributed by atoms with van der Waals surface area (Å²) in [5.74, 6) is 2.32. The highest BCUT2D eigenvalue weighted by Gasteiger charge is 2.38. The average molecular weight is 289 g/mol. The number of benzene rings is 1. The standard InChI is InChI=1S/C15H19N3O3/c1-10-4-5-11(12(8-10)19-2)20-9-13-17-14(18-21-13)15(16)6-3-7-15/h4-5,8H,3,6-7,9,16H2,1-2H3. The molecule has 0 amide bonds. The molecule has 0 bridgehead atoms. The number of methoxy groups -OCH3 is 1. The van der Waals surface area contributed by atoms with E-state index < -0.39 is 5.54 Å². The minimum absolute atomic E-state index is 0.197. The van der Waals surface area contributed by atoms with Crippen LogP contribution in [0.3, 0.4) is 0 Å². The largest absolute Gasteiger partial charge is 0.493 e. The lowest BCUT2D eigenvalue weighted by molar-refractivity contribution is 0.220. The van der Waals surface area contributed by atoms with E-state index in [0.29, 0.717) is 23.2 Å². The summed E-state index contributed by atoms with van der Waals surface area (Å²) >= 11 is 0. The van der Waals surface area contributed by atoms with Crippen LogP contribution in [0.4, 0.5) is 0 Å². The number of nitrogens with zero attached hydrogens (tertiary/aromatic N) is 2. The molecule has 0 radical (unpaired) electrons. The van der Waals surface area contributed by atoms with Crippen molar-refractivity contribution in [3.8, 4) is 11.5 Å². The Morgan fingerprint density at radius 1 is 1.33 bits per heavy atom. The van der Waals surface area contributed by atoms with E-state index >= 15 is 0 Å². The Labute approximate surface area is 123 Å². The summed E-state index contributed by atoms with van der Waals surface area (Å²) in [4.78, 5) is 4.32. The van der Waals surface area contributed by atoms with Gasteiger partial charge in [0.1, 0.15) is 0 Å². The molecule has 2 aromatic rings. The first-order valence-electron chi connectivity index (χ1n) is 7.00. The van der Waals surface area contributed by atoms with E-state index in [2.05, 4.69) is 10.1 Å². The lowest BCUT2D eigenvalue weighted by Crippen LogP contribution is -2.44. The van der Waals surface area contributed by atoms with Gasteiger partial charge < -0.3 is 19.7 Å². The molecule has 0 atom stereocenters. The molecule has 1 aromatic carbocycles. The third-order valence-corrected chi connectivity index (χ3v) is 3.83. The molecule has 0 aliphatic heterocycles. The molecule has 6 nitrogen and oxygen atoms in total. The zero-order chi connectivity index (χ0) is 14.9. The lowest BCUT2D eigenvalue weighted by Gasteiger charge is -2.34. The number of aromatic nitrogens is 2. The fourth-order valence-electron chi connectivity index (χ4n) is 2.33. The van der Waals surface area contributed by atoms with Crippen LogP contribution >= 0.6 is 0 Å². The van der Waals surface area contributed by atoms with E-state index in [9.17, 15) is 0 Å². The second-order valence-corrected chi connectivity index (χ2v) is 5.46. The minimum atomic E-state index is -0.413. The Hall–Kier alpha value is -2.08. The van der Waals surface area contributed by atoms with Gasteiger partial charge in [0.15, 0.2) is 23.9 Å². The molecule has 1 fully saturated rings. The van der Waals surface area contributed by atoms with Gasteiger partial charge in [0.05, 0.1) is 12.6 Å². The van der Waals surface area contributed by atoms with Crippen molar-refractivity contribution >= 4 is 0 Å². The molecular formula is C15H19N3O3. The summed E-state index contributed by atoms with van der Waals surface area (Å²) in [5.41, 5.74) is 6.85. The van der Waals surface area contributed by atoms with Gasteiger partial charge in [0.2, 0.25) is 0 Å². The predicted octanol–water partition coefficient (Wildman–Crippen LogP) is 2.30.